The highest BCUT2D eigenvalue weighted by Gasteiger charge is 2.31. The molecule has 0 N–H and O–H groups in total. The van der Waals surface area contributed by atoms with Gasteiger partial charge in [0.25, 0.3) is 0 Å². The lowest BCUT2D eigenvalue weighted by atomic mass is 10.1. The number of hydrogen-bond acceptors (Lipinski definition) is 8. The molecule has 1 saturated heterocycles. The number of rotatable bonds is 5. The number of hydrogen-bond donors (Lipinski definition) is 0. The Labute approximate surface area is 238 Å². The van der Waals surface area contributed by atoms with E-state index in [9.17, 15) is 22.4 Å². The van der Waals surface area contributed by atoms with Crippen LogP contribution in [-0.2, 0) is 14.6 Å². The molecular weight excluding hydrogens is 578 g/mol. The third-order valence-electron chi connectivity index (χ3n) is 6.73. The Hall–Kier alpha value is -4.23. The van der Waals surface area contributed by atoms with Crippen LogP contribution >= 0.6 is 11.6 Å². The quantitative estimate of drug-likeness (QED) is 0.320. The molecule has 1 aromatic carbocycles. The van der Waals surface area contributed by atoms with Gasteiger partial charge in [0.05, 0.1) is 10.4 Å². The molecule has 1 fully saturated rings. The van der Waals surface area contributed by atoms with Crippen molar-refractivity contribution in [2.24, 2.45) is 0 Å². The maximum Gasteiger partial charge on any atom is 0.355 e. The molecule has 4 aromatic rings. The van der Waals surface area contributed by atoms with Crippen molar-refractivity contribution in [3.8, 4) is 16.9 Å². The molecule has 1 aliphatic rings. The minimum atomic E-state index is -4.02. The second-order valence-corrected chi connectivity index (χ2v) is 11.8. The number of amides is 1. The number of sulfone groups is 1. The van der Waals surface area contributed by atoms with Gasteiger partial charge in [-0.25, -0.2) is 36.5 Å². The van der Waals surface area contributed by atoms with Crippen LogP contribution < -0.4 is 10.6 Å². The molecule has 5 rings (SSSR count). The molecule has 0 unspecified atom stereocenters. The van der Waals surface area contributed by atoms with Gasteiger partial charge in [0.1, 0.15) is 28.8 Å². The molecule has 0 spiro atoms. The predicted molar refractivity (Wildman–Crippen MR) is 150 cm³/mol. The van der Waals surface area contributed by atoms with Crippen LogP contribution in [0.4, 0.5) is 14.6 Å². The third-order valence-corrected chi connectivity index (χ3v) is 8.04. The fourth-order valence-corrected chi connectivity index (χ4v) is 5.95. The van der Waals surface area contributed by atoms with Crippen molar-refractivity contribution < 1.29 is 22.0 Å². The monoisotopic (exact) mass is 600 g/mol. The van der Waals surface area contributed by atoms with Crippen LogP contribution in [0.1, 0.15) is 6.92 Å². The topological polar surface area (TPSA) is 118 Å². The second-order valence-electron chi connectivity index (χ2n) is 9.47. The summed E-state index contributed by atoms with van der Waals surface area (Å²) in [5, 5.41) is -0.634. The van der Waals surface area contributed by atoms with Crippen LogP contribution in [0.25, 0.3) is 28.0 Å². The number of benzene rings is 1. The van der Waals surface area contributed by atoms with Crippen LogP contribution in [0, 0.1) is 11.6 Å². The zero-order valence-corrected chi connectivity index (χ0v) is 23.5. The number of pyridine rings is 2. The zero-order valence-electron chi connectivity index (χ0n) is 21.9. The average Bonchev–Trinajstić information content (AvgIpc) is 2.92. The van der Waals surface area contributed by atoms with Crippen LogP contribution in [0.15, 0.2) is 65.1 Å². The van der Waals surface area contributed by atoms with Crippen molar-refractivity contribution in [3.63, 3.8) is 0 Å². The molecule has 212 valence electrons. The Morgan fingerprint density at radius 3 is 2.54 bits per heavy atom. The number of fused-ring (bicyclic) bond motifs is 1. The van der Waals surface area contributed by atoms with Crippen molar-refractivity contribution in [1.29, 1.82) is 0 Å². The molecule has 4 heterocycles. The van der Waals surface area contributed by atoms with Gasteiger partial charge < -0.3 is 9.80 Å². The van der Waals surface area contributed by atoms with Crippen LogP contribution in [0.2, 0.25) is 5.02 Å². The standard InChI is InChI=1S/C27H23ClF2N6O4S/c1-4-21(37)34-11-12-35(15(2)14-34)24-17-13-20(30)22(16-7-5-6-8-19(16)29)32-25(17)36(27(38)33-24)23-18(28)9-10-31-26(23)41(3,39)40/h4-10,13,15H,1,11-12,14H2,2-3H3/t15-/m0/s1. The molecule has 3 aromatic heterocycles. The Bertz CT molecular complexity index is 1900. The number of aromatic nitrogens is 4. The first kappa shape index (κ1) is 28.3. The number of piperazine rings is 1. The molecule has 14 heteroatoms. The first-order valence-corrected chi connectivity index (χ1v) is 14.6. The van der Waals surface area contributed by atoms with Gasteiger partial charge in [-0.1, -0.05) is 30.3 Å². The molecule has 41 heavy (non-hydrogen) atoms. The van der Waals surface area contributed by atoms with Gasteiger partial charge in [0.2, 0.25) is 5.91 Å². The van der Waals surface area contributed by atoms with Gasteiger partial charge in [0, 0.05) is 43.7 Å². The van der Waals surface area contributed by atoms with E-state index in [2.05, 4.69) is 21.5 Å². The predicted octanol–water partition coefficient (Wildman–Crippen LogP) is 3.40. The maximum atomic E-state index is 15.7. The fourth-order valence-electron chi connectivity index (χ4n) is 4.86. The number of carbonyl (C=O) groups is 1. The number of nitrogens with zero attached hydrogens (tertiary/aromatic N) is 6. The van der Waals surface area contributed by atoms with Gasteiger partial charge in [-0.05, 0) is 37.3 Å². The summed E-state index contributed by atoms with van der Waals surface area (Å²) < 4.78 is 56.6. The summed E-state index contributed by atoms with van der Waals surface area (Å²) in [4.78, 5) is 41.7. The summed E-state index contributed by atoms with van der Waals surface area (Å²) in [5.74, 6) is -1.85. The summed E-state index contributed by atoms with van der Waals surface area (Å²) in [6.45, 7) is 6.10. The van der Waals surface area contributed by atoms with Crippen molar-refractivity contribution >= 4 is 44.2 Å². The van der Waals surface area contributed by atoms with E-state index in [0.717, 1.165) is 23.0 Å². The normalized spacial score (nSPS) is 15.8. The first-order valence-electron chi connectivity index (χ1n) is 12.3. The minimum Gasteiger partial charge on any atom is -0.350 e. The molecule has 0 radical (unpaired) electrons. The SMILES string of the molecule is C=CC(=O)N1CCN(c2nc(=O)n(-c3c(Cl)ccnc3S(C)(=O)=O)c3nc(-c4ccccc4F)c(F)cc23)[C@@H](C)C1. The van der Waals surface area contributed by atoms with Crippen molar-refractivity contribution in [2.75, 3.05) is 30.8 Å². The molecule has 1 aliphatic heterocycles. The average molecular weight is 601 g/mol. The molecular formula is C27H23ClF2N6O4S. The number of anilines is 1. The summed E-state index contributed by atoms with van der Waals surface area (Å²) in [6, 6.07) is 7.40. The Balaban J connectivity index is 1.84. The Morgan fingerprint density at radius 1 is 1.15 bits per heavy atom. The Kier molecular flexibility index (Phi) is 7.34. The maximum absolute atomic E-state index is 15.7. The van der Waals surface area contributed by atoms with Gasteiger partial charge in [-0.3, -0.25) is 4.79 Å². The largest absolute Gasteiger partial charge is 0.355 e. The van der Waals surface area contributed by atoms with Gasteiger partial charge >= 0.3 is 5.69 Å². The highest BCUT2D eigenvalue weighted by molar-refractivity contribution is 7.90. The third kappa shape index (κ3) is 5.06. The summed E-state index contributed by atoms with van der Waals surface area (Å²) in [6.07, 6.45) is 3.27. The van der Waals surface area contributed by atoms with Gasteiger partial charge in [-0.15, -0.1) is 0 Å². The van der Waals surface area contributed by atoms with E-state index in [-0.39, 0.29) is 64.7 Å². The lowest BCUT2D eigenvalue weighted by Crippen LogP contribution is -2.54. The van der Waals surface area contributed by atoms with E-state index in [1.807, 2.05) is 0 Å². The van der Waals surface area contributed by atoms with E-state index < -0.39 is 37.9 Å². The van der Waals surface area contributed by atoms with Gasteiger partial charge in [-0.2, -0.15) is 4.98 Å². The summed E-state index contributed by atoms with van der Waals surface area (Å²) in [7, 11) is -4.02. The van der Waals surface area contributed by atoms with E-state index in [1.165, 1.54) is 36.5 Å². The summed E-state index contributed by atoms with van der Waals surface area (Å²) >= 11 is 6.42. The summed E-state index contributed by atoms with van der Waals surface area (Å²) in [5.41, 5.74) is -2.08. The first-order chi connectivity index (χ1) is 19.4. The van der Waals surface area contributed by atoms with Crippen LogP contribution in [-0.4, -0.2) is 70.7 Å². The van der Waals surface area contributed by atoms with Crippen molar-refractivity contribution in [2.45, 2.75) is 18.0 Å². The van der Waals surface area contributed by atoms with Crippen molar-refractivity contribution in [3.05, 3.63) is 82.4 Å². The second kappa shape index (κ2) is 10.6. The lowest BCUT2D eigenvalue weighted by Gasteiger charge is -2.40. The van der Waals surface area contributed by atoms with E-state index in [0.29, 0.717) is 0 Å². The van der Waals surface area contributed by atoms with E-state index in [4.69, 9.17) is 11.6 Å². The van der Waals surface area contributed by atoms with Crippen LogP contribution in [0.5, 0.6) is 0 Å². The highest BCUT2D eigenvalue weighted by atomic mass is 35.5. The minimum absolute atomic E-state index is 0.0388. The van der Waals surface area contributed by atoms with E-state index in [1.54, 1.807) is 16.7 Å². The molecule has 1 amide bonds. The van der Waals surface area contributed by atoms with Gasteiger partial charge in [0.15, 0.2) is 20.5 Å². The Morgan fingerprint density at radius 2 is 1.88 bits per heavy atom. The lowest BCUT2D eigenvalue weighted by molar-refractivity contribution is -0.126. The number of carbonyl (C=O) groups excluding carboxylic acids is 1. The fraction of sp³-hybridized carbons (Fsp3) is 0.222. The molecule has 0 saturated carbocycles. The molecule has 0 aliphatic carbocycles. The molecule has 1 atom stereocenters. The molecule has 0 bridgehead atoms. The smallest absolute Gasteiger partial charge is 0.350 e. The van der Waals surface area contributed by atoms with E-state index >= 15 is 4.39 Å². The molecule has 10 nitrogen and oxygen atoms in total. The number of halogens is 3. The zero-order chi connectivity index (χ0) is 29.6. The van der Waals surface area contributed by atoms with Crippen molar-refractivity contribution in [1.82, 2.24) is 24.4 Å². The van der Waals surface area contributed by atoms with Crippen LogP contribution in [0.3, 0.4) is 0 Å². The highest BCUT2D eigenvalue weighted by Crippen LogP contribution is 2.34.